The van der Waals surface area contributed by atoms with Crippen LogP contribution in [0.1, 0.15) is 55.9 Å². The third-order valence-electron chi connectivity index (χ3n) is 4.93. The quantitative estimate of drug-likeness (QED) is 0.919. The molecule has 1 saturated heterocycles. The molecule has 6 heteroatoms. The average Bonchev–Trinajstić information content (AvgIpc) is 2.96. The summed E-state index contributed by atoms with van der Waals surface area (Å²) in [5, 5.41) is 11.6. The van der Waals surface area contributed by atoms with E-state index < -0.39 is 0 Å². The molecular formula is C16H23N5O. The summed E-state index contributed by atoms with van der Waals surface area (Å²) < 4.78 is 4.95. The lowest BCUT2D eigenvalue weighted by molar-refractivity contribution is 0.296. The Morgan fingerprint density at radius 1 is 1.36 bits per heavy atom. The molecule has 0 spiro atoms. The van der Waals surface area contributed by atoms with Crippen LogP contribution in [0.3, 0.4) is 0 Å². The van der Waals surface area contributed by atoms with Crippen molar-refractivity contribution in [3.05, 3.63) is 29.7 Å². The zero-order valence-corrected chi connectivity index (χ0v) is 13.2. The van der Waals surface area contributed by atoms with Gasteiger partial charge in [-0.25, -0.2) is 4.98 Å². The highest BCUT2D eigenvalue weighted by Crippen LogP contribution is 2.47. The lowest BCUT2D eigenvalue weighted by Gasteiger charge is -2.14. The van der Waals surface area contributed by atoms with Gasteiger partial charge in [0.2, 0.25) is 0 Å². The van der Waals surface area contributed by atoms with Crippen molar-refractivity contribution in [3.63, 3.8) is 0 Å². The number of hydrogen-bond donors (Lipinski definition) is 1. The van der Waals surface area contributed by atoms with Gasteiger partial charge >= 0.3 is 0 Å². The number of H-pyrrole nitrogens is 1. The summed E-state index contributed by atoms with van der Waals surface area (Å²) in [7, 11) is 0. The first-order valence-electron chi connectivity index (χ1n) is 8.24. The van der Waals surface area contributed by atoms with Gasteiger partial charge in [0.15, 0.2) is 5.82 Å². The Kier molecular flexibility index (Phi) is 3.48. The Labute approximate surface area is 130 Å². The summed E-state index contributed by atoms with van der Waals surface area (Å²) in [6.45, 7) is 7.29. The van der Waals surface area contributed by atoms with Crippen LogP contribution in [-0.2, 0) is 6.54 Å². The van der Waals surface area contributed by atoms with E-state index in [0.717, 1.165) is 42.9 Å². The van der Waals surface area contributed by atoms with Crippen molar-refractivity contribution < 1.29 is 4.52 Å². The molecule has 0 aromatic carbocycles. The predicted octanol–water partition coefficient (Wildman–Crippen LogP) is 2.54. The molecule has 1 saturated carbocycles. The van der Waals surface area contributed by atoms with Crippen LogP contribution in [0, 0.1) is 11.8 Å². The zero-order chi connectivity index (χ0) is 15.1. The summed E-state index contributed by atoms with van der Waals surface area (Å²) in [5.41, 5.74) is 1.01. The topological polar surface area (TPSA) is 70.8 Å². The number of aromatic nitrogens is 4. The molecule has 1 aliphatic heterocycles. The second kappa shape index (κ2) is 5.50. The van der Waals surface area contributed by atoms with Gasteiger partial charge < -0.3 is 4.52 Å². The SMILES string of the molecule is CC(C)c1n[nH]c([C@H]2CN(Cc3ccon3)C[C@@H]2C2CC2)n1. The van der Waals surface area contributed by atoms with E-state index >= 15 is 0 Å². The fraction of sp³-hybridized carbons (Fsp3) is 0.688. The van der Waals surface area contributed by atoms with Gasteiger partial charge in [0.25, 0.3) is 0 Å². The van der Waals surface area contributed by atoms with Gasteiger partial charge in [-0.1, -0.05) is 19.0 Å². The monoisotopic (exact) mass is 301 g/mol. The molecule has 2 aromatic heterocycles. The van der Waals surface area contributed by atoms with Crippen molar-refractivity contribution >= 4 is 0 Å². The van der Waals surface area contributed by atoms with E-state index in [4.69, 9.17) is 9.51 Å². The molecule has 6 nitrogen and oxygen atoms in total. The second-order valence-electron chi connectivity index (χ2n) is 7.03. The van der Waals surface area contributed by atoms with Crippen LogP contribution in [0.5, 0.6) is 0 Å². The summed E-state index contributed by atoms with van der Waals surface area (Å²) >= 11 is 0. The number of rotatable bonds is 5. The smallest absolute Gasteiger partial charge is 0.153 e. The first-order valence-corrected chi connectivity index (χ1v) is 8.24. The lowest BCUT2D eigenvalue weighted by Crippen LogP contribution is -2.20. The van der Waals surface area contributed by atoms with E-state index in [1.54, 1.807) is 6.26 Å². The van der Waals surface area contributed by atoms with Crippen LogP contribution < -0.4 is 0 Å². The lowest BCUT2D eigenvalue weighted by atomic mass is 9.91. The molecule has 0 unspecified atom stereocenters. The Morgan fingerprint density at radius 3 is 2.86 bits per heavy atom. The Hall–Kier alpha value is -1.69. The molecule has 22 heavy (non-hydrogen) atoms. The van der Waals surface area contributed by atoms with E-state index in [1.165, 1.54) is 12.8 Å². The predicted molar refractivity (Wildman–Crippen MR) is 81.2 cm³/mol. The molecule has 2 atom stereocenters. The van der Waals surface area contributed by atoms with Crippen molar-refractivity contribution in [2.75, 3.05) is 13.1 Å². The molecule has 1 N–H and O–H groups in total. The number of likely N-dealkylation sites (tertiary alicyclic amines) is 1. The molecule has 0 amide bonds. The molecule has 2 fully saturated rings. The summed E-state index contributed by atoms with van der Waals surface area (Å²) in [4.78, 5) is 7.23. The maximum atomic E-state index is 4.95. The highest BCUT2D eigenvalue weighted by molar-refractivity contribution is 5.10. The third-order valence-corrected chi connectivity index (χ3v) is 4.93. The number of nitrogens with one attached hydrogen (secondary N) is 1. The average molecular weight is 301 g/mol. The Bertz CT molecular complexity index is 616. The first kappa shape index (κ1) is 13.9. The third kappa shape index (κ3) is 2.67. The van der Waals surface area contributed by atoms with Crippen LogP contribution in [0.25, 0.3) is 0 Å². The highest BCUT2D eigenvalue weighted by Gasteiger charge is 2.44. The van der Waals surface area contributed by atoms with Gasteiger partial charge in [-0.15, -0.1) is 0 Å². The number of hydrogen-bond acceptors (Lipinski definition) is 5. The van der Waals surface area contributed by atoms with Crippen LogP contribution in [0.4, 0.5) is 0 Å². The molecule has 2 aromatic rings. The summed E-state index contributed by atoms with van der Waals surface area (Å²) in [6, 6.07) is 1.95. The van der Waals surface area contributed by atoms with Gasteiger partial charge in [0.1, 0.15) is 12.1 Å². The van der Waals surface area contributed by atoms with Gasteiger partial charge in [-0.3, -0.25) is 10.00 Å². The fourth-order valence-corrected chi connectivity index (χ4v) is 3.59. The van der Waals surface area contributed by atoms with Gasteiger partial charge in [0, 0.05) is 37.5 Å². The van der Waals surface area contributed by atoms with E-state index in [0.29, 0.717) is 17.8 Å². The normalized spacial score (nSPS) is 26.1. The standard InChI is InChI=1S/C16H23N5O/c1-10(2)15-17-16(19-18-15)14-9-21(7-12-5-6-22-20-12)8-13(14)11-3-4-11/h5-6,10-11,13-14H,3-4,7-9H2,1-2H3,(H,17,18,19)/t13-,14+/m1/s1. The Balaban J connectivity index is 1.51. The molecule has 1 aliphatic carbocycles. The maximum absolute atomic E-state index is 4.95. The molecule has 0 bridgehead atoms. The van der Waals surface area contributed by atoms with E-state index in [-0.39, 0.29) is 0 Å². The minimum atomic E-state index is 0.372. The van der Waals surface area contributed by atoms with Crippen LogP contribution >= 0.6 is 0 Å². The fourth-order valence-electron chi connectivity index (χ4n) is 3.59. The molecule has 0 radical (unpaired) electrons. The van der Waals surface area contributed by atoms with E-state index in [2.05, 4.69) is 34.1 Å². The van der Waals surface area contributed by atoms with Crippen molar-refractivity contribution in [1.29, 1.82) is 0 Å². The van der Waals surface area contributed by atoms with Crippen molar-refractivity contribution in [1.82, 2.24) is 25.2 Å². The largest absolute Gasteiger partial charge is 0.364 e. The molecule has 118 valence electrons. The molecule has 2 aliphatic rings. The minimum absolute atomic E-state index is 0.372. The zero-order valence-electron chi connectivity index (χ0n) is 13.2. The van der Waals surface area contributed by atoms with Crippen molar-refractivity contribution in [2.45, 2.75) is 45.1 Å². The summed E-state index contributed by atoms with van der Waals surface area (Å²) in [6.07, 6.45) is 4.38. The maximum Gasteiger partial charge on any atom is 0.153 e. The Morgan fingerprint density at radius 2 is 2.23 bits per heavy atom. The first-order chi connectivity index (χ1) is 10.7. The van der Waals surface area contributed by atoms with Crippen LogP contribution in [-0.4, -0.2) is 38.3 Å². The van der Waals surface area contributed by atoms with Gasteiger partial charge in [0.05, 0.1) is 5.69 Å². The van der Waals surface area contributed by atoms with E-state index in [9.17, 15) is 0 Å². The van der Waals surface area contributed by atoms with Crippen LogP contribution in [0.2, 0.25) is 0 Å². The summed E-state index contributed by atoms with van der Waals surface area (Å²) in [5.74, 6) is 4.40. The number of nitrogens with zero attached hydrogens (tertiary/aromatic N) is 4. The minimum Gasteiger partial charge on any atom is -0.364 e. The van der Waals surface area contributed by atoms with Gasteiger partial charge in [-0.2, -0.15) is 5.10 Å². The second-order valence-corrected chi connectivity index (χ2v) is 7.03. The van der Waals surface area contributed by atoms with Crippen molar-refractivity contribution in [3.8, 4) is 0 Å². The molecule has 3 heterocycles. The molecular weight excluding hydrogens is 278 g/mol. The van der Waals surface area contributed by atoms with Gasteiger partial charge in [-0.05, 0) is 24.7 Å². The van der Waals surface area contributed by atoms with E-state index in [1.807, 2.05) is 6.07 Å². The van der Waals surface area contributed by atoms with Crippen LogP contribution in [0.15, 0.2) is 16.9 Å². The molecule has 4 rings (SSSR count). The highest BCUT2D eigenvalue weighted by atomic mass is 16.5. The number of aromatic amines is 1. The van der Waals surface area contributed by atoms with Crippen molar-refractivity contribution in [2.24, 2.45) is 11.8 Å².